The number of aliphatic hydroxyl groups is 1. The first-order chi connectivity index (χ1) is 9.54. The van der Waals surface area contributed by atoms with Crippen LogP contribution in [0.2, 0.25) is 0 Å². The fourth-order valence-corrected chi connectivity index (χ4v) is 3.18. The molecule has 0 aliphatic carbocycles. The van der Waals surface area contributed by atoms with Gasteiger partial charge in [-0.15, -0.1) is 0 Å². The molecule has 2 N–H and O–H groups in total. The number of rotatable bonds is 5. The van der Waals surface area contributed by atoms with Crippen LogP contribution in [0.3, 0.4) is 0 Å². The van der Waals surface area contributed by atoms with Crippen LogP contribution in [-0.2, 0) is 6.42 Å². The van der Waals surface area contributed by atoms with Crippen molar-refractivity contribution in [1.29, 1.82) is 0 Å². The smallest absolute Gasteiger partial charge is 0.0804 e. The summed E-state index contributed by atoms with van der Waals surface area (Å²) in [6.45, 7) is 6.70. The summed E-state index contributed by atoms with van der Waals surface area (Å²) in [6, 6.07) is 9.56. The maximum absolute atomic E-state index is 10.4. The van der Waals surface area contributed by atoms with Gasteiger partial charge in [0.2, 0.25) is 0 Å². The maximum atomic E-state index is 10.4. The average molecular weight is 275 g/mol. The minimum atomic E-state index is -0.342. The Bertz CT molecular complexity index is 398. The highest BCUT2D eigenvalue weighted by molar-refractivity contribution is 5.24. The molecule has 3 unspecified atom stereocenters. The summed E-state index contributed by atoms with van der Waals surface area (Å²) >= 11 is 0. The van der Waals surface area contributed by atoms with Crippen molar-refractivity contribution >= 4 is 0 Å². The summed E-state index contributed by atoms with van der Waals surface area (Å²) in [7, 11) is 0. The van der Waals surface area contributed by atoms with Gasteiger partial charge in [-0.1, -0.05) is 44.5 Å². The van der Waals surface area contributed by atoms with E-state index in [1.807, 2.05) is 0 Å². The summed E-state index contributed by atoms with van der Waals surface area (Å²) in [6.07, 6.45) is 5.32. The van der Waals surface area contributed by atoms with Crippen molar-refractivity contribution in [2.75, 3.05) is 0 Å². The third-order valence-corrected chi connectivity index (χ3v) is 4.23. The van der Waals surface area contributed by atoms with Crippen molar-refractivity contribution < 1.29 is 5.11 Å². The second kappa shape index (κ2) is 7.24. The quantitative estimate of drug-likeness (QED) is 0.855. The molecule has 0 saturated carbocycles. The zero-order valence-corrected chi connectivity index (χ0v) is 13.1. The summed E-state index contributed by atoms with van der Waals surface area (Å²) in [5.41, 5.74) is 2.41. The lowest BCUT2D eigenvalue weighted by molar-refractivity contribution is 0.139. The first kappa shape index (κ1) is 15.5. The van der Waals surface area contributed by atoms with E-state index in [1.165, 1.54) is 24.8 Å². The number of piperidine rings is 1. The van der Waals surface area contributed by atoms with Crippen LogP contribution in [0.4, 0.5) is 0 Å². The van der Waals surface area contributed by atoms with Gasteiger partial charge in [0.25, 0.3) is 0 Å². The molecule has 0 bridgehead atoms. The third-order valence-electron chi connectivity index (χ3n) is 4.23. The molecule has 1 saturated heterocycles. The van der Waals surface area contributed by atoms with Crippen molar-refractivity contribution in [3.63, 3.8) is 0 Å². The van der Waals surface area contributed by atoms with Crippen LogP contribution >= 0.6 is 0 Å². The Morgan fingerprint density at radius 1 is 1.20 bits per heavy atom. The monoisotopic (exact) mass is 275 g/mol. The highest BCUT2D eigenvalue weighted by Gasteiger charge is 2.21. The molecule has 112 valence electrons. The normalized spacial score (nSPS) is 24.9. The minimum absolute atomic E-state index is 0.342. The molecule has 1 aromatic rings. The Hall–Kier alpha value is -0.860. The Morgan fingerprint density at radius 3 is 2.50 bits per heavy atom. The molecule has 2 nitrogen and oxygen atoms in total. The van der Waals surface area contributed by atoms with E-state index in [0.29, 0.717) is 18.0 Å². The molecular formula is C18H29NO. The summed E-state index contributed by atoms with van der Waals surface area (Å²) in [4.78, 5) is 0. The van der Waals surface area contributed by atoms with Crippen LogP contribution in [-0.4, -0.2) is 17.2 Å². The lowest BCUT2D eigenvalue weighted by atomic mass is 9.92. The molecule has 1 heterocycles. The van der Waals surface area contributed by atoms with Gasteiger partial charge >= 0.3 is 0 Å². The first-order valence-corrected chi connectivity index (χ1v) is 8.07. The van der Waals surface area contributed by atoms with Gasteiger partial charge < -0.3 is 10.4 Å². The number of nitrogens with one attached hydrogen (secondary N) is 1. The molecule has 1 aliphatic heterocycles. The van der Waals surface area contributed by atoms with Crippen LogP contribution in [0.25, 0.3) is 0 Å². The van der Waals surface area contributed by atoms with E-state index in [-0.39, 0.29) is 6.10 Å². The van der Waals surface area contributed by atoms with Crippen molar-refractivity contribution in [1.82, 2.24) is 5.32 Å². The Morgan fingerprint density at radius 2 is 1.90 bits per heavy atom. The topological polar surface area (TPSA) is 32.3 Å². The Labute approximate surface area is 123 Å². The molecule has 2 rings (SSSR count). The first-order valence-electron chi connectivity index (χ1n) is 8.07. The molecule has 0 spiro atoms. The lowest BCUT2D eigenvalue weighted by Crippen LogP contribution is -2.41. The van der Waals surface area contributed by atoms with Crippen LogP contribution in [0.15, 0.2) is 24.3 Å². The van der Waals surface area contributed by atoms with Crippen molar-refractivity contribution in [2.45, 2.75) is 71.1 Å². The molecule has 0 radical (unpaired) electrons. The van der Waals surface area contributed by atoms with E-state index in [2.05, 4.69) is 50.4 Å². The van der Waals surface area contributed by atoms with Crippen LogP contribution < -0.4 is 5.32 Å². The maximum Gasteiger partial charge on any atom is 0.0804 e. The van der Waals surface area contributed by atoms with E-state index in [9.17, 15) is 5.11 Å². The molecule has 0 amide bonds. The number of hydrogen-bond acceptors (Lipinski definition) is 2. The van der Waals surface area contributed by atoms with E-state index in [1.54, 1.807) is 0 Å². The number of aliphatic hydroxyl groups excluding tert-OH is 1. The van der Waals surface area contributed by atoms with Crippen molar-refractivity contribution in [2.24, 2.45) is 5.92 Å². The van der Waals surface area contributed by atoms with Gasteiger partial charge in [0.1, 0.15) is 0 Å². The second-order valence-electron chi connectivity index (χ2n) is 6.79. The standard InChI is InChI=1S/C18H29NO/c1-13(2)11-15-7-9-16(10-8-15)18(20)12-17-6-4-5-14(3)19-17/h7-10,13-14,17-20H,4-6,11-12H2,1-3H3. The molecule has 1 fully saturated rings. The van der Waals surface area contributed by atoms with Crippen molar-refractivity contribution in [3.8, 4) is 0 Å². The van der Waals surface area contributed by atoms with Gasteiger partial charge in [-0.25, -0.2) is 0 Å². The Balaban J connectivity index is 1.90. The summed E-state index contributed by atoms with van der Waals surface area (Å²) in [5, 5.41) is 14.0. The predicted octanol–water partition coefficient (Wildman–Crippen LogP) is 3.84. The van der Waals surface area contributed by atoms with Gasteiger partial charge in [-0.05, 0) is 49.7 Å². The van der Waals surface area contributed by atoms with E-state index >= 15 is 0 Å². The third kappa shape index (κ3) is 4.60. The fourth-order valence-electron chi connectivity index (χ4n) is 3.18. The highest BCUT2D eigenvalue weighted by atomic mass is 16.3. The molecule has 1 aromatic carbocycles. The molecule has 2 heteroatoms. The van der Waals surface area contributed by atoms with Gasteiger partial charge in [-0.3, -0.25) is 0 Å². The van der Waals surface area contributed by atoms with Gasteiger partial charge in [0.15, 0.2) is 0 Å². The molecule has 1 aliphatic rings. The Kier molecular flexibility index (Phi) is 5.62. The zero-order chi connectivity index (χ0) is 14.5. The van der Waals surface area contributed by atoms with E-state index in [4.69, 9.17) is 0 Å². The summed E-state index contributed by atoms with van der Waals surface area (Å²) < 4.78 is 0. The number of hydrogen-bond donors (Lipinski definition) is 2. The van der Waals surface area contributed by atoms with Crippen LogP contribution in [0.1, 0.15) is 63.7 Å². The van der Waals surface area contributed by atoms with Gasteiger partial charge in [0.05, 0.1) is 6.10 Å². The minimum Gasteiger partial charge on any atom is -0.388 e. The molecule has 3 atom stereocenters. The fraction of sp³-hybridized carbons (Fsp3) is 0.667. The van der Waals surface area contributed by atoms with Gasteiger partial charge in [-0.2, -0.15) is 0 Å². The SMILES string of the molecule is CC(C)Cc1ccc(C(O)CC2CCCC(C)N2)cc1. The zero-order valence-electron chi connectivity index (χ0n) is 13.1. The highest BCUT2D eigenvalue weighted by Crippen LogP contribution is 2.24. The predicted molar refractivity (Wildman–Crippen MR) is 84.8 cm³/mol. The van der Waals surface area contributed by atoms with Gasteiger partial charge in [0, 0.05) is 12.1 Å². The average Bonchev–Trinajstić information content (AvgIpc) is 2.38. The van der Waals surface area contributed by atoms with Crippen LogP contribution in [0, 0.1) is 5.92 Å². The number of benzene rings is 1. The second-order valence-corrected chi connectivity index (χ2v) is 6.79. The molecule has 0 aromatic heterocycles. The van der Waals surface area contributed by atoms with Crippen molar-refractivity contribution in [3.05, 3.63) is 35.4 Å². The molecule has 20 heavy (non-hydrogen) atoms. The largest absolute Gasteiger partial charge is 0.388 e. The van der Waals surface area contributed by atoms with Crippen LogP contribution in [0.5, 0.6) is 0 Å². The van der Waals surface area contributed by atoms with E-state index < -0.39 is 0 Å². The lowest BCUT2D eigenvalue weighted by Gasteiger charge is -2.30. The summed E-state index contributed by atoms with van der Waals surface area (Å²) in [5.74, 6) is 0.679. The molecular weight excluding hydrogens is 246 g/mol. The van der Waals surface area contributed by atoms with E-state index in [0.717, 1.165) is 18.4 Å².